The maximum atomic E-state index is 12.2. The Bertz CT molecular complexity index is 412. The fourth-order valence-corrected chi connectivity index (χ4v) is 2.85. The Labute approximate surface area is 117 Å². The van der Waals surface area contributed by atoms with E-state index in [9.17, 15) is 14.4 Å². The number of carbonyl (C=O) groups is 3. The molecule has 1 heterocycles. The summed E-state index contributed by atoms with van der Waals surface area (Å²) >= 11 is 0. The van der Waals surface area contributed by atoms with E-state index in [0.717, 1.165) is 30.6 Å². The van der Waals surface area contributed by atoms with Crippen LogP contribution in [0.1, 0.15) is 32.6 Å². The van der Waals surface area contributed by atoms with Crippen molar-refractivity contribution in [1.82, 2.24) is 15.5 Å². The van der Waals surface area contributed by atoms with E-state index in [1.165, 1.54) is 0 Å². The van der Waals surface area contributed by atoms with E-state index in [2.05, 4.69) is 17.6 Å². The SMILES string of the molecule is CC1CCCCC1NC(=O)N1CC(=O)NCC1C(=O)O. The summed E-state index contributed by atoms with van der Waals surface area (Å²) in [6, 6.07) is -1.38. The summed E-state index contributed by atoms with van der Waals surface area (Å²) < 4.78 is 0. The fourth-order valence-electron chi connectivity index (χ4n) is 2.85. The highest BCUT2D eigenvalue weighted by molar-refractivity contribution is 5.90. The van der Waals surface area contributed by atoms with Gasteiger partial charge in [-0.2, -0.15) is 0 Å². The van der Waals surface area contributed by atoms with E-state index in [-0.39, 0.29) is 25.0 Å². The minimum absolute atomic E-state index is 0.0399. The van der Waals surface area contributed by atoms with Crippen molar-refractivity contribution >= 4 is 17.9 Å². The maximum Gasteiger partial charge on any atom is 0.328 e. The maximum absolute atomic E-state index is 12.2. The van der Waals surface area contributed by atoms with Crippen molar-refractivity contribution < 1.29 is 19.5 Å². The van der Waals surface area contributed by atoms with Gasteiger partial charge < -0.3 is 15.7 Å². The van der Waals surface area contributed by atoms with E-state index < -0.39 is 18.0 Å². The molecule has 0 aromatic carbocycles. The Morgan fingerprint density at radius 3 is 2.70 bits per heavy atom. The lowest BCUT2D eigenvalue weighted by molar-refractivity contribution is -0.144. The van der Waals surface area contributed by atoms with E-state index in [0.29, 0.717) is 5.92 Å². The van der Waals surface area contributed by atoms with Crippen molar-refractivity contribution in [3.05, 3.63) is 0 Å². The predicted molar refractivity (Wildman–Crippen MR) is 71.1 cm³/mol. The molecule has 112 valence electrons. The first-order chi connectivity index (χ1) is 9.49. The highest BCUT2D eigenvalue weighted by Gasteiger charge is 2.36. The van der Waals surface area contributed by atoms with Gasteiger partial charge in [0, 0.05) is 12.6 Å². The second-order valence-electron chi connectivity index (χ2n) is 5.60. The zero-order valence-corrected chi connectivity index (χ0v) is 11.6. The molecule has 20 heavy (non-hydrogen) atoms. The highest BCUT2D eigenvalue weighted by atomic mass is 16.4. The van der Waals surface area contributed by atoms with Gasteiger partial charge in [-0.15, -0.1) is 0 Å². The minimum Gasteiger partial charge on any atom is -0.480 e. The molecule has 0 bridgehead atoms. The van der Waals surface area contributed by atoms with Crippen LogP contribution >= 0.6 is 0 Å². The lowest BCUT2D eigenvalue weighted by Crippen LogP contribution is -2.62. The third kappa shape index (κ3) is 3.20. The zero-order valence-electron chi connectivity index (χ0n) is 11.6. The first-order valence-corrected chi connectivity index (χ1v) is 7.05. The van der Waals surface area contributed by atoms with Crippen LogP contribution in [0.3, 0.4) is 0 Å². The number of piperazine rings is 1. The molecule has 0 radical (unpaired) electrons. The summed E-state index contributed by atoms with van der Waals surface area (Å²) in [6.07, 6.45) is 4.20. The molecule has 1 saturated carbocycles. The predicted octanol–water partition coefficient (Wildman–Crippen LogP) is 0.160. The van der Waals surface area contributed by atoms with E-state index in [1.807, 2.05) is 0 Å². The van der Waals surface area contributed by atoms with Gasteiger partial charge in [0.1, 0.15) is 12.6 Å². The van der Waals surface area contributed by atoms with Crippen molar-refractivity contribution in [2.24, 2.45) is 5.92 Å². The molecule has 1 aliphatic carbocycles. The Morgan fingerprint density at radius 2 is 2.05 bits per heavy atom. The number of rotatable bonds is 2. The van der Waals surface area contributed by atoms with E-state index in [1.54, 1.807) is 0 Å². The van der Waals surface area contributed by atoms with Gasteiger partial charge in [-0.25, -0.2) is 9.59 Å². The normalized spacial score (nSPS) is 30.6. The third-order valence-corrected chi connectivity index (χ3v) is 4.15. The number of carboxylic acid groups (broad SMARTS) is 1. The number of aliphatic carboxylic acids is 1. The van der Waals surface area contributed by atoms with Crippen LogP contribution in [0.4, 0.5) is 4.79 Å². The summed E-state index contributed by atoms with van der Waals surface area (Å²) in [4.78, 5) is 35.9. The Balaban J connectivity index is 2.01. The number of urea groups is 1. The third-order valence-electron chi connectivity index (χ3n) is 4.15. The Hall–Kier alpha value is -1.79. The molecule has 7 heteroatoms. The molecule has 2 fully saturated rings. The number of carboxylic acids is 1. The molecule has 1 saturated heterocycles. The van der Waals surface area contributed by atoms with Crippen LogP contribution in [0.15, 0.2) is 0 Å². The monoisotopic (exact) mass is 283 g/mol. The number of hydrogen-bond donors (Lipinski definition) is 3. The number of nitrogens with one attached hydrogen (secondary N) is 2. The zero-order chi connectivity index (χ0) is 14.7. The van der Waals surface area contributed by atoms with Gasteiger partial charge in [-0.1, -0.05) is 19.8 Å². The van der Waals surface area contributed by atoms with Gasteiger partial charge in [0.15, 0.2) is 0 Å². The average Bonchev–Trinajstić information content (AvgIpc) is 2.40. The van der Waals surface area contributed by atoms with Gasteiger partial charge in [0.2, 0.25) is 5.91 Å². The topological polar surface area (TPSA) is 98.7 Å². The molecular formula is C13H21N3O4. The molecule has 3 unspecified atom stereocenters. The van der Waals surface area contributed by atoms with Crippen LogP contribution in [0.5, 0.6) is 0 Å². The van der Waals surface area contributed by atoms with Crippen LogP contribution in [0, 0.1) is 5.92 Å². The smallest absolute Gasteiger partial charge is 0.328 e. The first-order valence-electron chi connectivity index (χ1n) is 7.05. The van der Waals surface area contributed by atoms with Crippen molar-refractivity contribution in [3.63, 3.8) is 0 Å². The molecule has 3 atom stereocenters. The number of hydrogen-bond acceptors (Lipinski definition) is 3. The first kappa shape index (κ1) is 14.6. The number of nitrogens with zero attached hydrogens (tertiary/aromatic N) is 1. The van der Waals surface area contributed by atoms with Crippen LogP contribution in [0.25, 0.3) is 0 Å². The van der Waals surface area contributed by atoms with Crippen LogP contribution in [0.2, 0.25) is 0 Å². The second kappa shape index (κ2) is 6.11. The van der Waals surface area contributed by atoms with Crippen molar-refractivity contribution in [2.45, 2.75) is 44.7 Å². The van der Waals surface area contributed by atoms with Gasteiger partial charge in [0.05, 0.1) is 0 Å². The van der Waals surface area contributed by atoms with Gasteiger partial charge in [0.25, 0.3) is 0 Å². The minimum atomic E-state index is -1.10. The molecular weight excluding hydrogens is 262 g/mol. The summed E-state index contributed by atoms with van der Waals surface area (Å²) in [5.74, 6) is -1.04. The Kier molecular flexibility index (Phi) is 4.46. The highest BCUT2D eigenvalue weighted by Crippen LogP contribution is 2.24. The van der Waals surface area contributed by atoms with Gasteiger partial charge in [-0.3, -0.25) is 9.69 Å². The largest absolute Gasteiger partial charge is 0.480 e. The summed E-state index contributed by atoms with van der Waals surface area (Å²) in [7, 11) is 0. The van der Waals surface area contributed by atoms with Crippen molar-refractivity contribution in [1.29, 1.82) is 0 Å². The standard InChI is InChI=1S/C13H21N3O4/c1-8-4-2-3-5-9(8)15-13(20)16-7-11(17)14-6-10(16)12(18)19/h8-10H,2-7H2,1H3,(H,14,17)(H,15,20)(H,18,19). The number of amides is 3. The van der Waals surface area contributed by atoms with Crippen LogP contribution in [-0.2, 0) is 9.59 Å². The summed E-state index contributed by atoms with van der Waals surface area (Å²) in [6.45, 7) is 1.84. The van der Waals surface area contributed by atoms with Crippen LogP contribution in [-0.4, -0.2) is 53.1 Å². The second-order valence-corrected chi connectivity index (χ2v) is 5.60. The molecule has 0 aromatic heterocycles. The molecule has 7 nitrogen and oxygen atoms in total. The molecule has 0 aromatic rings. The summed E-state index contributed by atoms with van der Waals surface area (Å²) in [5, 5.41) is 14.5. The van der Waals surface area contributed by atoms with Gasteiger partial charge >= 0.3 is 12.0 Å². The molecule has 2 aliphatic rings. The number of carbonyl (C=O) groups excluding carboxylic acids is 2. The lowest BCUT2D eigenvalue weighted by Gasteiger charge is -2.36. The van der Waals surface area contributed by atoms with Crippen molar-refractivity contribution in [2.75, 3.05) is 13.1 Å². The molecule has 3 N–H and O–H groups in total. The molecule has 0 spiro atoms. The van der Waals surface area contributed by atoms with Crippen molar-refractivity contribution in [3.8, 4) is 0 Å². The molecule has 1 aliphatic heterocycles. The van der Waals surface area contributed by atoms with Gasteiger partial charge in [-0.05, 0) is 18.8 Å². The van der Waals surface area contributed by atoms with Crippen LogP contribution < -0.4 is 10.6 Å². The van der Waals surface area contributed by atoms with E-state index in [4.69, 9.17) is 5.11 Å². The molecule has 3 amide bonds. The Morgan fingerprint density at radius 1 is 1.35 bits per heavy atom. The van der Waals surface area contributed by atoms with E-state index >= 15 is 0 Å². The average molecular weight is 283 g/mol. The molecule has 2 rings (SSSR count). The lowest BCUT2D eigenvalue weighted by atomic mass is 9.86. The summed E-state index contributed by atoms with van der Waals surface area (Å²) in [5.41, 5.74) is 0. The quantitative estimate of drug-likeness (QED) is 0.672. The fraction of sp³-hybridized carbons (Fsp3) is 0.769.